The van der Waals surface area contributed by atoms with E-state index in [1.807, 2.05) is 19.9 Å². The maximum Gasteiger partial charge on any atom is 0.223 e. The highest BCUT2D eigenvalue weighted by Gasteiger charge is 2.24. The van der Waals surface area contributed by atoms with Gasteiger partial charge in [-0.05, 0) is 44.6 Å². The molecule has 0 radical (unpaired) electrons. The zero-order valence-corrected chi connectivity index (χ0v) is 12.0. The van der Waals surface area contributed by atoms with E-state index in [2.05, 4.69) is 15.3 Å². The summed E-state index contributed by atoms with van der Waals surface area (Å²) < 4.78 is 0. The van der Waals surface area contributed by atoms with Gasteiger partial charge in [-0.3, -0.25) is 0 Å². The summed E-state index contributed by atoms with van der Waals surface area (Å²) in [6.45, 7) is 4.95. The summed E-state index contributed by atoms with van der Waals surface area (Å²) >= 11 is 6.05. The van der Waals surface area contributed by atoms with E-state index in [0.717, 1.165) is 29.8 Å². The number of alkyl halides is 1. The Labute approximate surface area is 114 Å². The normalized spacial score (nSPS) is 23.9. The summed E-state index contributed by atoms with van der Waals surface area (Å²) in [6.07, 6.45) is 5.19. The molecular weight excluding hydrogens is 246 g/mol. The minimum Gasteiger partial charge on any atom is -0.354 e. The number of hydrogen-bond donors (Lipinski definition) is 1. The molecule has 0 amide bonds. The second-order valence-corrected chi connectivity index (χ2v) is 5.62. The van der Waals surface area contributed by atoms with Crippen molar-refractivity contribution in [1.82, 2.24) is 9.97 Å². The van der Waals surface area contributed by atoms with Crippen LogP contribution in [0.2, 0.25) is 0 Å². The molecule has 3 nitrogen and oxygen atoms in total. The number of aromatic nitrogens is 2. The predicted octanol–water partition coefficient (Wildman–Crippen LogP) is 3.55. The van der Waals surface area contributed by atoms with Crippen LogP contribution in [0.3, 0.4) is 0 Å². The average Bonchev–Trinajstić information content (AvgIpc) is 2.35. The molecule has 1 aromatic rings. The molecule has 1 fully saturated rings. The Morgan fingerprint density at radius 3 is 2.39 bits per heavy atom. The first-order valence-corrected chi connectivity index (χ1v) is 7.34. The van der Waals surface area contributed by atoms with E-state index < -0.39 is 0 Å². The zero-order chi connectivity index (χ0) is 13.0. The van der Waals surface area contributed by atoms with Gasteiger partial charge in [-0.15, -0.1) is 11.6 Å². The van der Waals surface area contributed by atoms with Crippen LogP contribution in [0.25, 0.3) is 0 Å². The van der Waals surface area contributed by atoms with Gasteiger partial charge in [-0.1, -0.05) is 12.8 Å². The molecule has 1 saturated carbocycles. The van der Waals surface area contributed by atoms with Crippen molar-refractivity contribution in [2.75, 3.05) is 17.7 Å². The fourth-order valence-corrected chi connectivity index (χ4v) is 3.19. The lowest BCUT2D eigenvalue weighted by Crippen LogP contribution is -2.28. The third kappa shape index (κ3) is 3.58. The summed E-state index contributed by atoms with van der Waals surface area (Å²) in [6, 6.07) is 1.99. The van der Waals surface area contributed by atoms with Gasteiger partial charge in [0.1, 0.15) is 0 Å². The molecule has 2 atom stereocenters. The zero-order valence-electron chi connectivity index (χ0n) is 11.2. The highest BCUT2D eigenvalue weighted by atomic mass is 35.5. The highest BCUT2D eigenvalue weighted by Crippen LogP contribution is 2.30. The highest BCUT2D eigenvalue weighted by molar-refractivity contribution is 6.18. The molecule has 1 aliphatic rings. The van der Waals surface area contributed by atoms with Crippen molar-refractivity contribution >= 4 is 17.5 Å². The van der Waals surface area contributed by atoms with Gasteiger partial charge in [0.05, 0.1) is 0 Å². The van der Waals surface area contributed by atoms with Gasteiger partial charge < -0.3 is 5.32 Å². The monoisotopic (exact) mass is 267 g/mol. The molecule has 0 aliphatic heterocycles. The first-order valence-electron chi connectivity index (χ1n) is 6.81. The van der Waals surface area contributed by atoms with E-state index in [9.17, 15) is 0 Å². The van der Waals surface area contributed by atoms with Crippen LogP contribution in [0.15, 0.2) is 6.07 Å². The lowest BCUT2D eigenvalue weighted by Gasteiger charge is -2.30. The van der Waals surface area contributed by atoms with Crippen molar-refractivity contribution in [1.29, 1.82) is 0 Å². The van der Waals surface area contributed by atoms with E-state index in [1.54, 1.807) is 0 Å². The third-order valence-electron chi connectivity index (χ3n) is 3.77. The number of anilines is 1. The van der Waals surface area contributed by atoms with Gasteiger partial charge in [0.2, 0.25) is 5.95 Å². The van der Waals surface area contributed by atoms with Gasteiger partial charge in [0.15, 0.2) is 0 Å². The number of halogens is 1. The van der Waals surface area contributed by atoms with Crippen LogP contribution in [0.5, 0.6) is 0 Å². The molecule has 18 heavy (non-hydrogen) atoms. The molecule has 100 valence electrons. The van der Waals surface area contributed by atoms with E-state index in [1.165, 1.54) is 25.7 Å². The second kappa shape index (κ2) is 6.37. The van der Waals surface area contributed by atoms with Crippen LogP contribution in [0, 0.1) is 25.7 Å². The molecule has 1 N–H and O–H groups in total. The second-order valence-electron chi connectivity index (χ2n) is 5.31. The Hall–Kier alpha value is -0.830. The first-order chi connectivity index (χ1) is 8.69. The molecule has 0 spiro atoms. The minimum atomic E-state index is 0.652. The van der Waals surface area contributed by atoms with Gasteiger partial charge in [-0.2, -0.15) is 0 Å². The lowest BCUT2D eigenvalue weighted by molar-refractivity contribution is 0.271. The maximum absolute atomic E-state index is 6.05. The van der Waals surface area contributed by atoms with Crippen LogP contribution in [-0.2, 0) is 0 Å². The Morgan fingerprint density at radius 2 is 1.78 bits per heavy atom. The lowest BCUT2D eigenvalue weighted by atomic mass is 9.80. The molecule has 0 bridgehead atoms. The molecular formula is C14H22ClN3. The minimum absolute atomic E-state index is 0.652. The summed E-state index contributed by atoms with van der Waals surface area (Å²) in [7, 11) is 0. The fourth-order valence-electron chi connectivity index (χ4n) is 2.78. The third-order valence-corrected chi connectivity index (χ3v) is 4.17. The summed E-state index contributed by atoms with van der Waals surface area (Å²) in [4.78, 5) is 8.83. The predicted molar refractivity (Wildman–Crippen MR) is 76.2 cm³/mol. The fraction of sp³-hybridized carbons (Fsp3) is 0.714. The van der Waals surface area contributed by atoms with Crippen LogP contribution in [0.1, 0.15) is 37.1 Å². The van der Waals surface area contributed by atoms with Gasteiger partial charge in [0, 0.05) is 23.8 Å². The number of nitrogens with one attached hydrogen (secondary N) is 1. The van der Waals surface area contributed by atoms with E-state index in [-0.39, 0.29) is 0 Å². The molecule has 4 heteroatoms. The Bertz CT molecular complexity index is 374. The number of hydrogen-bond acceptors (Lipinski definition) is 3. The molecule has 1 heterocycles. The molecule has 0 aromatic carbocycles. The van der Waals surface area contributed by atoms with Gasteiger partial charge in [-0.25, -0.2) is 9.97 Å². The van der Waals surface area contributed by atoms with E-state index in [4.69, 9.17) is 11.6 Å². The van der Waals surface area contributed by atoms with Crippen molar-refractivity contribution < 1.29 is 0 Å². The Kier molecular flexibility index (Phi) is 4.81. The Balaban J connectivity index is 1.93. The van der Waals surface area contributed by atoms with Crippen LogP contribution in [-0.4, -0.2) is 22.4 Å². The summed E-state index contributed by atoms with van der Waals surface area (Å²) in [5.41, 5.74) is 2.03. The van der Waals surface area contributed by atoms with Gasteiger partial charge >= 0.3 is 0 Å². The number of nitrogens with zero attached hydrogens (tertiary/aromatic N) is 2. The quantitative estimate of drug-likeness (QED) is 0.848. The van der Waals surface area contributed by atoms with Crippen molar-refractivity contribution in [3.05, 3.63) is 17.5 Å². The topological polar surface area (TPSA) is 37.8 Å². The number of rotatable bonds is 4. The first kappa shape index (κ1) is 13.6. The molecule has 2 rings (SSSR count). The molecule has 1 aliphatic carbocycles. The molecule has 0 saturated heterocycles. The van der Waals surface area contributed by atoms with E-state index in [0.29, 0.717) is 11.8 Å². The van der Waals surface area contributed by atoms with E-state index >= 15 is 0 Å². The SMILES string of the molecule is Cc1cc(C)nc(NCC2CCCCC2CCl)n1. The molecule has 2 unspecified atom stereocenters. The van der Waals surface area contributed by atoms with Crippen LogP contribution in [0.4, 0.5) is 5.95 Å². The number of aryl methyl sites for hydroxylation is 2. The van der Waals surface area contributed by atoms with Crippen LogP contribution < -0.4 is 5.32 Å². The Morgan fingerprint density at radius 1 is 1.17 bits per heavy atom. The maximum atomic E-state index is 6.05. The van der Waals surface area contributed by atoms with Crippen molar-refractivity contribution in [2.24, 2.45) is 11.8 Å². The summed E-state index contributed by atoms with van der Waals surface area (Å²) in [5.74, 6) is 2.85. The van der Waals surface area contributed by atoms with Gasteiger partial charge in [0.25, 0.3) is 0 Å². The molecule has 1 aromatic heterocycles. The van der Waals surface area contributed by atoms with Crippen molar-refractivity contribution in [3.63, 3.8) is 0 Å². The van der Waals surface area contributed by atoms with Crippen molar-refractivity contribution in [3.8, 4) is 0 Å². The van der Waals surface area contributed by atoms with Crippen molar-refractivity contribution in [2.45, 2.75) is 39.5 Å². The smallest absolute Gasteiger partial charge is 0.223 e. The largest absolute Gasteiger partial charge is 0.354 e. The standard InChI is InChI=1S/C14H22ClN3/c1-10-7-11(2)18-14(17-10)16-9-13-6-4-3-5-12(13)8-15/h7,12-13H,3-6,8-9H2,1-2H3,(H,16,17,18). The average molecular weight is 268 g/mol. The summed E-state index contributed by atoms with van der Waals surface area (Å²) in [5, 5.41) is 3.38. The van der Waals surface area contributed by atoms with Crippen LogP contribution >= 0.6 is 11.6 Å².